The number of hydrogen-bond donors (Lipinski definition) is 0. The van der Waals surface area contributed by atoms with E-state index in [2.05, 4.69) is 35.8 Å². The molecule has 0 bridgehead atoms. The molecule has 1 fully saturated rings. The number of aryl methyl sites for hydroxylation is 1. The molecule has 1 aliphatic rings. The smallest absolute Gasteiger partial charge is 0.416 e. The van der Waals surface area contributed by atoms with E-state index in [1.807, 2.05) is 24.3 Å². The molecule has 0 aromatic heterocycles. The van der Waals surface area contributed by atoms with Gasteiger partial charge in [0.15, 0.2) is 0 Å². The molecular formula is C30H31F6N2O. The van der Waals surface area contributed by atoms with Crippen LogP contribution >= 0.6 is 0 Å². The first-order valence-corrected chi connectivity index (χ1v) is 12.7. The Balaban J connectivity index is 1.60. The van der Waals surface area contributed by atoms with E-state index in [1.54, 1.807) is 12.5 Å². The monoisotopic (exact) mass is 549 g/mol. The molecule has 0 aliphatic carbocycles. The minimum Gasteiger partial charge on any atom is -0.496 e. The highest BCUT2D eigenvalue weighted by molar-refractivity contribution is 5.56. The zero-order valence-electron chi connectivity index (χ0n) is 22.0. The molecule has 4 rings (SSSR count). The molecule has 3 nitrogen and oxygen atoms in total. The van der Waals surface area contributed by atoms with Crippen molar-refractivity contribution < 1.29 is 31.1 Å². The number of halogens is 6. The maximum absolute atomic E-state index is 13.4. The van der Waals surface area contributed by atoms with E-state index in [4.69, 9.17) is 4.74 Å². The molecule has 0 N–H and O–H groups in total. The molecule has 1 heterocycles. The van der Waals surface area contributed by atoms with Crippen molar-refractivity contribution in [2.75, 3.05) is 38.2 Å². The van der Waals surface area contributed by atoms with Crippen molar-refractivity contribution >= 4 is 5.69 Å². The summed E-state index contributed by atoms with van der Waals surface area (Å²) >= 11 is 0. The summed E-state index contributed by atoms with van der Waals surface area (Å²) in [5.74, 6) is 0.607. The minimum absolute atomic E-state index is 0.0499. The third-order valence-corrected chi connectivity index (χ3v) is 7.31. The van der Waals surface area contributed by atoms with E-state index < -0.39 is 23.5 Å². The van der Waals surface area contributed by atoms with Crippen LogP contribution in [0.25, 0.3) is 0 Å². The highest BCUT2D eigenvalue weighted by atomic mass is 19.4. The molecule has 1 unspecified atom stereocenters. The molecule has 3 aromatic carbocycles. The Morgan fingerprint density at radius 2 is 1.44 bits per heavy atom. The number of methoxy groups -OCH3 is 1. The van der Waals surface area contributed by atoms with E-state index in [9.17, 15) is 26.3 Å². The lowest BCUT2D eigenvalue weighted by Crippen LogP contribution is -2.48. The molecule has 1 saturated heterocycles. The topological polar surface area (TPSA) is 15.7 Å². The SMILES string of the molecule is COc1ccccc1C([CH]Cc1cc(C(F)(F)F)cc(C(F)(F)F)c1)N1CCN(c2cccc(C)c2C)CC1. The Labute approximate surface area is 225 Å². The summed E-state index contributed by atoms with van der Waals surface area (Å²) in [6.07, 6.45) is -8.07. The van der Waals surface area contributed by atoms with E-state index in [0.717, 1.165) is 36.5 Å². The lowest BCUT2D eigenvalue weighted by atomic mass is 9.94. The molecule has 1 aliphatic heterocycles. The van der Waals surface area contributed by atoms with Gasteiger partial charge in [-0.1, -0.05) is 30.3 Å². The van der Waals surface area contributed by atoms with Crippen molar-refractivity contribution in [1.82, 2.24) is 4.90 Å². The van der Waals surface area contributed by atoms with Crippen LogP contribution < -0.4 is 9.64 Å². The zero-order valence-corrected chi connectivity index (χ0v) is 22.0. The maximum atomic E-state index is 13.4. The van der Waals surface area contributed by atoms with Crippen molar-refractivity contribution in [3.05, 3.63) is 100 Å². The van der Waals surface area contributed by atoms with Crippen LogP contribution in [0.1, 0.15) is 39.4 Å². The molecule has 0 spiro atoms. The molecule has 0 saturated carbocycles. The Morgan fingerprint density at radius 1 is 0.821 bits per heavy atom. The zero-order chi connectivity index (χ0) is 28.4. The van der Waals surface area contributed by atoms with Crippen LogP contribution in [0.4, 0.5) is 32.0 Å². The second kappa shape index (κ2) is 11.5. The molecule has 1 radical (unpaired) electrons. The number of piperazine rings is 1. The van der Waals surface area contributed by atoms with Gasteiger partial charge >= 0.3 is 12.4 Å². The first kappa shape index (κ1) is 28.8. The number of benzene rings is 3. The lowest BCUT2D eigenvalue weighted by Gasteiger charge is -2.41. The van der Waals surface area contributed by atoms with Gasteiger partial charge in [0.25, 0.3) is 0 Å². The third-order valence-electron chi connectivity index (χ3n) is 7.31. The summed E-state index contributed by atoms with van der Waals surface area (Å²) in [6, 6.07) is 14.9. The molecule has 39 heavy (non-hydrogen) atoms. The quantitative estimate of drug-likeness (QED) is 0.282. The van der Waals surface area contributed by atoms with Gasteiger partial charge in [-0.05, 0) is 73.7 Å². The molecular weight excluding hydrogens is 518 g/mol. The van der Waals surface area contributed by atoms with Crippen molar-refractivity contribution in [2.24, 2.45) is 0 Å². The second-order valence-corrected chi connectivity index (χ2v) is 9.78. The number of para-hydroxylation sites is 1. The van der Waals surface area contributed by atoms with Crippen molar-refractivity contribution in [1.29, 1.82) is 0 Å². The predicted octanol–water partition coefficient (Wildman–Crippen LogP) is 7.66. The van der Waals surface area contributed by atoms with E-state index in [1.165, 1.54) is 18.2 Å². The molecule has 3 aromatic rings. The van der Waals surface area contributed by atoms with Gasteiger partial charge in [-0.3, -0.25) is 4.90 Å². The van der Waals surface area contributed by atoms with E-state index in [-0.39, 0.29) is 24.1 Å². The summed E-state index contributed by atoms with van der Waals surface area (Å²) in [5, 5.41) is 0. The standard InChI is InChI=1S/C30H31F6N2O/c1-20-7-6-9-26(21(20)2)37-13-15-38(16-14-37)27(25-8-4-5-10-28(25)39-3)12-11-22-17-23(29(31,32)33)19-24(18-22)30(34,35)36/h4-10,12,17-19,27H,11,13-16H2,1-3H3. The van der Waals surface area contributed by atoms with E-state index >= 15 is 0 Å². The van der Waals surface area contributed by atoms with Gasteiger partial charge in [-0.25, -0.2) is 0 Å². The fourth-order valence-corrected chi connectivity index (χ4v) is 5.09. The van der Waals surface area contributed by atoms with Crippen LogP contribution in [-0.4, -0.2) is 38.2 Å². The van der Waals surface area contributed by atoms with Gasteiger partial charge in [-0.15, -0.1) is 0 Å². The summed E-state index contributed by atoms with van der Waals surface area (Å²) in [7, 11) is 1.54. The first-order chi connectivity index (χ1) is 18.4. The van der Waals surface area contributed by atoms with Crippen LogP contribution in [0.15, 0.2) is 60.7 Å². The van der Waals surface area contributed by atoms with Crippen LogP contribution in [0.2, 0.25) is 0 Å². The van der Waals surface area contributed by atoms with Gasteiger partial charge in [-0.2, -0.15) is 26.3 Å². The Kier molecular flexibility index (Phi) is 8.49. The average molecular weight is 550 g/mol. The van der Waals surface area contributed by atoms with Crippen molar-refractivity contribution in [3.8, 4) is 5.75 Å². The van der Waals surface area contributed by atoms with Crippen LogP contribution in [0.3, 0.4) is 0 Å². The van der Waals surface area contributed by atoms with Crippen LogP contribution in [-0.2, 0) is 18.8 Å². The normalized spacial score (nSPS) is 15.9. The number of hydrogen-bond acceptors (Lipinski definition) is 3. The summed E-state index contributed by atoms with van der Waals surface area (Å²) in [6.45, 7) is 6.93. The summed E-state index contributed by atoms with van der Waals surface area (Å²) in [4.78, 5) is 4.50. The fraction of sp³-hybridized carbons (Fsp3) is 0.367. The number of anilines is 1. The fourth-order valence-electron chi connectivity index (χ4n) is 5.09. The Bertz CT molecular complexity index is 1250. The second-order valence-electron chi connectivity index (χ2n) is 9.78. The third kappa shape index (κ3) is 6.69. The summed E-state index contributed by atoms with van der Waals surface area (Å²) in [5.41, 5.74) is 1.72. The number of rotatable bonds is 7. The van der Waals surface area contributed by atoms with Gasteiger partial charge in [0, 0.05) is 43.5 Å². The van der Waals surface area contributed by atoms with E-state index in [0.29, 0.717) is 18.8 Å². The van der Waals surface area contributed by atoms with Gasteiger partial charge < -0.3 is 9.64 Å². The van der Waals surface area contributed by atoms with Crippen LogP contribution in [0, 0.1) is 20.3 Å². The number of alkyl halides is 6. The predicted molar refractivity (Wildman–Crippen MR) is 140 cm³/mol. The highest BCUT2D eigenvalue weighted by Gasteiger charge is 2.37. The molecule has 1 atom stereocenters. The molecule has 209 valence electrons. The largest absolute Gasteiger partial charge is 0.496 e. The van der Waals surface area contributed by atoms with Gasteiger partial charge in [0.1, 0.15) is 5.75 Å². The number of ether oxygens (including phenoxy) is 1. The van der Waals surface area contributed by atoms with Gasteiger partial charge in [0.05, 0.1) is 18.2 Å². The van der Waals surface area contributed by atoms with Crippen molar-refractivity contribution in [2.45, 2.75) is 38.7 Å². The number of nitrogens with zero attached hydrogens (tertiary/aromatic N) is 2. The Morgan fingerprint density at radius 3 is 2.03 bits per heavy atom. The lowest BCUT2D eigenvalue weighted by molar-refractivity contribution is -0.143. The molecule has 0 amide bonds. The van der Waals surface area contributed by atoms with Crippen molar-refractivity contribution in [3.63, 3.8) is 0 Å². The van der Waals surface area contributed by atoms with Gasteiger partial charge in [0.2, 0.25) is 0 Å². The average Bonchev–Trinajstić information content (AvgIpc) is 2.90. The highest BCUT2D eigenvalue weighted by Crippen LogP contribution is 2.38. The minimum atomic E-state index is -4.89. The van der Waals surface area contributed by atoms with Crippen LogP contribution in [0.5, 0.6) is 5.75 Å². The Hall–Kier alpha value is -3.20. The first-order valence-electron chi connectivity index (χ1n) is 12.7. The molecule has 9 heteroatoms. The summed E-state index contributed by atoms with van der Waals surface area (Å²) < 4.78 is 86.0. The maximum Gasteiger partial charge on any atom is 0.416 e.